The summed E-state index contributed by atoms with van der Waals surface area (Å²) < 4.78 is 42.9. The maximum atomic E-state index is 12.4. The van der Waals surface area contributed by atoms with Gasteiger partial charge in [0.1, 0.15) is 17.7 Å². The number of halogens is 3. The zero-order valence-electron chi connectivity index (χ0n) is 11.3. The van der Waals surface area contributed by atoms with Gasteiger partial charge in [-0.3, -0.25) is 0 Å². The van der Waals surface area contributed by atoms with Gasteiger partial charge >= 0.3 is 6.36 Å². The lowest BCUT2D eigenvalue weighted by Gasteiger charge is -2.17. The Balaban J connectivity index is 2.34. The first kappa shape index (κ1) is 15.4. The first-order valence-electron chi connectivity index (χ1n) is 6.46. The minimum absolute atomic E-state index is 0.0263. The molecule has 0 amide bonds. The van der Waals surface area contributed by atoms with E-state index in [0.29, 0.717) is 6.54 Å². The molecule has 1 atom stereocenters. The summed E-state index contributed by atoms with van der Waals surface area (Å²) in [7, 11) is 0. The zero-order chi connectivity index (χ0) is 15.5. The smallest absolute Gasteiger partial charge is 0.405 e. The topological polar surface area (TPSA) is 47.3 Å². The molecule has 21 heavy (non-hydrogen) atoms. The van der Waals surface area contributed by atoms with Gasteiger partial charge in [0.2, 0.25) is 0 Å². The van der Waals surface area contributed by atoms with Crippen LogP contribution in [0.15, 0.2) is 36.7 Å². The van der Waals surface area contributed by atoms with Gasteiger partial charge in [0.15, 0.2) is 0 Å². The Morgan fingerprint density at radius 3 is 2.71 bits per heavy atom. The van der Waals surface area contributed by atoms with E-state index in [1.807, 2.05) is 6.92 Å². The lowest BCUT2D eigenvalue weighted by atomic mass is 10.1. The molecule has 114 valence electrons. The van der Waals surface area contributed by atoms with Crippen molar-refractivity contribution < 1.29 is 23.0 Å². The van der Waals surface area contributed by atoms with E-state index in [2.05, 4.69) is 9.72 Å². The van der Waals surface area contributed by atoms with E-state index in [-0.39, 0.29) is 11.4 Å². The minimum atomic E-state index is -4.81. The number of imidazole rings is 1. The van der Waals surface area contributed by atoms with Gasteiger partial charge in [-0.05, 0) is 12.5 Å². The van der Waals surface area contributed by atoms with E-state index in [1.54, 1.807) is 10.8 Å². The molecule has 0 saturated heterocycles. The molecule has 0 spiro atoms. The van der Waals surface area contributed by atoms with Crippen LogP contribution >= 0.6 is 0 Å². The third-order valence-electron chi connectivity index (χ3n) is 2.90. The summed E-state index contributed by atoms with van der Waals surface area (Å²) in [5.41, 5.74) is 0.0263. The van der Waals surface area contributed by atoms with Gasteiger partial charge in [0, 0.05) is 24.5 Å². The van der Waals surface area contributed by atoms with Crippen LogP contribution in [0.5, 0.6) is 5.75 Å². The van der Waals surface area contributed by atoms with E-state index in [0.717, 1.165) is 6.42 Å². The molecule has 0 fully saturated rings. The Morgan fingerprint density at radius 2 is 2.05 bits per heavy atom. The number of ether oxygens (including phenoxy) is 1. The third kappa shape index (κ3) is 3.75. The quantitative estimate of drug-likeness (QED) is 0.922. The maximum Gasteiger partial charge on any atom is 0.573 e. The number of nitrogens with zero attached hydrogens (tertiary/aromatic N) is 2. The fourth-order valence-electron chi connectivity index (χ4n) is 2.06. The van der Waals surface area contributed by atoms with Crippen LogP contribution in [0.1, 0.15) is 30.8 Å². The molecule has 1 heterocycles. The van der Waals surface area contributed by atoms with E-state index >= 15 is 0 Å². The third-order valence-corrected chi connectivity index (χ3v) is 2.90. The highest BCUT2D eigenvalue weighted by atomic mass is 19.4. The van der Waals surface area contributed by atoms with Gasteiger partial charge in [-0.1, -0.05) is 25.1 Å². The number of aromatic nitrogens is 2. The highest BCUT2D eigenvalue weighted by Crippen LogP contribution is 2.32. The number of hydrogen-bond acceptors (Lipinski definition) is 3. The molecule has 0 bridgehead atoms. The van der Waals surface area contributed by atoms with Crippen molar-refractivity contribution >= 4 is 0 Å². The van der Waals surface area contributed by atoms with Gasteiger partial charge in [0.05, 0.1) is 0 Å². The van der Waals surface area contributed by atoms with Crippen molar-refractivity contribution in [2.75, 3.05) is 0 Å². The summed E-state index contributed by atoms with van der Waals surface area (Å²) in [5, 5.41) is 10.3. The van der Waals surface area contributed by atoms with Crippen molar-refractivity contribution in [1.29, 1.82) is 0 Å². The Kier molecular flexibility index (Phi) is 4.52. The van der Waals surface area contributed by atoms with Crippen LogP contribution in [0, 0.1) is 0 Å². The molecule has 0 aliphatic carbocycles. The second kappa shape index (κ2) is 6.17. The van der Waals surface area contributed by atoms with E-state index in [9.17, 15) is 18.3 Å². The fraction of sp³-hybridized carbons (Fsp3) is 0.357. The van der Waals surface area contributed by atoms with Crippen molar-refractivity contribution in [1.82, 2.24) is 9.55 Å². The number of hydrogen-bond donors (Lipinski definition) is 1. The van der Waals surface area contributed by atoms with Crippen LogP contribution < -0.4 is 4.74 Å². The highest BCUT2D eigenvalue weighted by molar-refractivity contribution is 5.38. The highest BCUT2D eigenvalue weighted by Gasteiger charge is 2.33. The Morgan fingerprint density at radius 1 is 1.33 bits per heavy atom. The summed E-state index contributed by atoms with van der Waals surface area (Å²) in [6.07, 6.45) is -2.10. The average Bonchev–Trinajstić information content (AvgIpc) is 2.85. The lowest BCUT2D eigenvalue weighted by molar-refractivity contribution is -0.275. The summed E-state index contributed by atoms with van der Waals surface area (Å²) in [6.45, 7) is 2.57. The van der Waals surface area contributed by atoms with Crippen LogP contribution in [-0.4, -0.2) is 21.0 Å². The van der Waals surface area contributed by atoms with Crippen molar-refractivity contribution in [3.05, 3.63) is 48.0 Å². The van der Waals surface area contributed by atoms with Crippen molar-refractivity contribution in [3.63, 3.8) is 0 Å². The van der Waals surface area contributed by atoms with Crippen LogP contribution in [0.2, 0.25) is 0 Å². The second-order valence-electron chi connectivity index (χ2n) is 4.47. The molecular weight excluding hydrogens is 285 g/mol. The molecule has 4 nitrogen and oxygen atoms in total. The molecule has 0 aliphatic rings. The summed E-state index contributed by atoms with van der Waals surface area (Å²) in [4.78, 5) is 4.02. The SMILES string of the molecule is CCCn1ccnc1C(O)c1ccccc1OC(F)(F)F. The van der Waals surface area contributed by atoms with Crippen LogP contribution in [0.3, 0.4) is 0 Å². The second-order valence-corrected chi connectivity index (χ2v) is 4.47. The van der Waals surface area contributed by atoms with E-state index in [1.165, 1.54) is 30.5 Å². The monoisotopic (exact) mass is 300 g/mol. The van der Waals surface area contributed by atoms with Gasteiger partial charge in [-0.15, -0.1) is 13.2 Å². The van der Waals surface area contributed by atoms with Gasteiger partial charge in [0.25, 0.3) is 0 Å². The number of rotatable bonds is 5. The molecule has 1 aromatic heterocycles. The number of benzene rings is 1. The lowest BCUT2D eigenvalue weighted by Crippen LogP contribution is -2.19. The van der Waals surface area contributed by atoms with E-state index < -0.39 is 18.2 Å². The van der Waals surface area contributed by atoms with Gasteiger partial charge < -0.3 is 14.4 Å². The number of aryl methyl sites for hydroxylation is 1. The molecule has 0 aliphatic heterocycles. The molecule has 2 aromatic rings. The predicted molar refractivity (Wildman–Crippen MR) is 69.7 cm³/mol. The molecule has 1 unspecified atom stereocenters. The molecule has 1 N–H and O–H groups in total. The number of aliphatic hydroxyl groups excluding tert-OH is 1. The van der Waals surface area contributed by atoms with E-state index in [4.69, 9.17) is 0 Å². The van der Waals surface area contributed by atoms with Crippen molar-refractivity contribution in [2.45, 2.75) is 32.4 Å². The van der Waals surface area contributed by atoms with Crippen LogP contribution in [-0.2, 0) is 6.54 Å². The molecule has 1 aromatic carbocycles. The summed E-state index contributed by atoms with van der Waals surface area (Å²) in [5.74, 6) is -0.140. The Bertz CT molecular complexity index is 596. The fourth-order valence-corrected chi connectivity index (χ4v) is 2.06. The first-order chi connectivity index (χ1) is 9.92. The maximum absolute atomic E-state index is 12.4. The Hall–Kier alpha value is -2.02. The largest absolute Gasteiger partial charge is 0.573 e. The number of alkyl halides is 3. The molecule has 0 saturated carbocycles. The molecular formula is C14H15F3N2O2. The standard InChI is InChI=1S/C14H15F3N2O2/c1-2-8-19-9-7-18-13(19)12(20)10-5-3-4-6-11(10)21-14(15,16)17/h3-7,9,12,20H,2,8H2,1H3. The number of aliphatic hydroxyl groups is 1. The number of para-hydroxylation sites is 1. The molecule has 2 rings (SSSR count). The van der Waals surface area contributed by atoms with Gasteiger partial charge in [-0.25, -0.2) is 4.98 Å². The average molecular weight is 300 g/mol. The van der Waals surface area contributed by atoms with Crippen molar-refractivity contribution in [2.24, 2.45) is 0 Å². The zero-order valence-corrected chi connectivity index (χ0v) is 11.3. The summed E-state index contributed by atoms with van der Waals surface area (Å²) >= 11 is 0. The molecule has 0 radical (unpaired) electrons. The first-order valence-corrected chi connectivity index (χ1v) is 6.46. The normalized spacial score (nSPS) is 13.2. The predicted octanol–water partition coefficient (Wildman–Crippen LogP) is 3.27. The minimum Gasteiger partial charge on any atom is -0.405 e. The van der Waals surface area contributed by atoms with Crippen LogP contribution in [0.4, 0.5) is 13.2 Å². The Labute approximate surface area is 119 Å². The van der Waals surface area contributed by atoms with Crippen molar-refractivity contribution in [3.8, 4) is 5.75 Å². The summed E-state index contributed by atoms with van der Waals surface area (Å²) in [6, 6.07) is 5.50. The molecule has 7 heteroatoms. The van der Waals surface area contributed by atoms with Gasteiger partial charge in [-0.2, -0.15) is 0 Å². The van der Waals surface area contributed by atoms with Crippen LogP contribution in [0.25, 0.3) is 0 Å².